The largest absolute Gasteiger partial charge is 0.379 e. The Labute approximate surface area is 105 Å². The fourth-order valence-corrected chi connectivity index (χ4v) is 2.47. The second kappa shape index (κ2) is 7.11. The molecule has 1 saturated heterocycles. The Bertz CT molecular complexity index is 225. The van der Waals surface area contributed by atoms with Gasteiger partial charge in [-0.2, -0.15) is 0 Å². The molecule has 0 aromatic rings. The molecule has 0 spiro atoms. The Hall–Kier alpha value is -0.420. The van der Waals surface area contributed by atoms with E-state index in [4.69, 9.17) is 10.6 Å². The minimum absolute atomic E-state index is 0.0691. The van der Waals surface area contributed by atoms with Crippen molar-refractivity contribution in [2.24, 2.45) is 5.84 Å². The number of rotatable bonds is 7. The summed E-state index contributed by atoms with van der Waals surface area (Å²) in [7, 11) is 0. The van der Waals surface area contributed by atoms with Crippen LogP contribution in [0.5, 0.6) is 0 Å². The van der Waals surface area contributed by atoms with Gasteiger partial charge in [-0.25, -0.2) is 0 Å². The van der Waals surface area contributed by atoms with Crippen molar-refractivity contribution in [2.45, 2.75) is 44.7 Å². The average molecular weight is 241 g/mol. The number of hydrogen-bond donors (Lipinski definition) is 2. The lowest BCUT2D eigenvalue weighted by Crippen LogP contribution is -2.61. The van der Waals surface area contributed by atoms with Gasteiger partial charge in [-0.05, 0) is 33.1 Å². The molecule has 4 nitrogen and oxygen atoms in total. The third-order valence-corrected chi connectivity index (χ3v) is 3.78. The first-order chi connectivity index (χ1) is 8.12. The smallest absolute Gasteiger partial charge is 0.0594 e. The number of nitrogens with zero attached hydrogens (tertiary/aromatic N) is 1. The summed E-state index contributed by atoms with van der Waals surface area (Å²) in [5.41, 5.74) is 3.05. The van der Waals surface area contributed by atoms with Crippen LogP contribution in [0.25, 0.3) is 0 Å². The van der Waals surface area contributed by atoms with E-state index in [1.54, 1.807) is 0 Å². The van der Waals surface area contributed by atoms with Crippen LogP contribution >= 0.6 is 0 Å². The average Bonchev–Trinajstić information content (AvgIpc) is 2.35. The maximum atomic E-state index is 5.71. The van der Waals surface area contributed by atoms with Gasteiger partial charge < -0.3 is 4.74 Å². The third-order valence-electron chi connectivity index (χ3n) is 3.78. The van der Waals surface area contributed by atoms with Crippen molar-refractivity contribution in [3.8, 4) is 0 Å². The summed E-state index contributed by atoms with van der Waals surface area (Å²) in [5, 5.41) is 0. The van der Waals surface area contributed by atoms with Gasteiger partial charge in [0.15, 0.2) is 0 Å². The highest BCUT2D eigenvalue weighted by Crippen LogP contribution is 2.23. The SMILES string of the molecule is C=CCCCC(NN)C(C)(C)N1CCOCC1. The summed E-state index contributed by atoms with van der Waals surface area (Å²) < 4.78 is 5.40. The van der Waals surface area contributed by atoms with Crippen molar-refractivity contribution in [1.29, 1.82) is 0 Å². The summed E-state index contributed by atoms with van der Waals surface area (Å²) in [6.45, 7) is 11.9. The van der Waals surface area contributed by atoms with Gasteiger partial charge in [0.05, 0.1) is 13.2 Å². The minimum Gasteiger partial charge on any atom is -0.379 e. The number of morpholine rings is 1. The summed E-state index contributed by atoms with van der Waals surface area (Å²) in [4.78, 5) is 2.47. The standard InChI is InChI=1S/C13H27N3O/c1-4-5-6-7-12(15-14)13(2,3)16-8-10-17-11-9-16/h4,12,15H,1,5-11,14H2,2-3H3. The van der Waals surface area contributed by atoms with E-state index in [1.165, 1.54) is 0 Å². The van der Waals surface area contributed by atoms with Crippen LogP contribution in [0.3, 0.4) is 0 Å². The number of allylic oxidation sites excluding steroid dienone is 1. The van der Waals surface area contributed by atoms with Crippen LogP contribution < -0.4 is 11.3 Å². The minimum atomic E-state index is 0.0691. The Morgan fingerprint density at radius 1 is 1.47 bits per heavy atom. The van der Waals surface area contributed by atoms with Crippen LogP contribution in [0.1, 0.15) is 33.1 Å². The van der Waals surface area contributed by atoms with Crippen LogP contribution in [0.15, 0.2) is 12.7 Å². The van der Waals surface area contributed by atoms with Crippen molar-refractivity contribution in [1.82, 2.24) is 10.3 Å². The van der Waals surface area contributed by atoms with Gasteiger partial charge in [0.2, 0.25) is 0 Å². The molecular weight excluding hydrogens is 214 g/mol. The van der Waals surface area contributed by atoms with Crippen LogP contribution in [-0.4, -0.2) is 42.8 Å². The van der Waals surface area contributed by atoms with Crippen LogP contribution in [0, 0.1) is 0 Å². The Balaban J connectivity index is 2.53. The van der Waals surface area contributed by atoms with Gasteiger partial charge in [-0.1, -0.05) is 6.08 Å². The highest BCUT2D eigenvalue weighted by Gasteiger charge is 2.35. The quantitative estimate of drug-likeness (QED) is 0.305. The zero-order valence-corrected chi connectivity index (χ0v) is 11.2. The number of ether oxygens (including phenoxy) is 1. The Morgan fingerprint density at radius 3 is 2.65 bits per heavy atom. The molecule has 1 heterocycles. The second-order valence-electron chi connectivity index (χ2n) is 5.19. The second-order valence-corrected chi connectivity index (χ2v) is 5.19. The lowest BCUT2D eigenvalue weighted by atomic mass is 9.88. The Morgan fingerprint density at radius 2 is 2.12 bits per heavy atom. The molecule has 1 atom stereocenters. The number of hydrazine groups is 1. The predicted octanol–water partition coefficient (Wildman–Crippen LogP) is 1.29. The van der Waals surface area contributed by atoms with E-state index in [0.717, 1.165) is 45.6 Å². The molecule has 4 heteroatoms. The molecule has 17 heavy (non-hydrogen) atoms. The molecule has 0 aromatic heterocycles. The molecule has 0 radical (unpaired) electrons. The number of unbranched alkanes of at least 4 members (excludes halogenated alkanes) is 1. The molecule has 1 aliphatic heterocycles. The lowest BCUT2D eigenvalue weighted by molar-refractivity contribution is -0.0245. The maximum absolute atomic E-state index is 5.71. The molecule has 1 unspecified atom stereocenters. The van der Waals surface area contributed by atoms with Crippen molar-refractivity contribution in [3.63, 3.8) is 0 Å². The first-order valence-corrected chi connectivity index (χ1v) is 6.52. The van der Waals surface area contributed by atoms with Gasteiger partial charge in [-0.3, -0.25) is 16.2 Å². The van der Waals surface area contributed by atoms with Gasteiger partial charge in [-0.15, -0.1) is 6.58 Å². The molecule has 3 N–H and O–H groups in total. The third kappa shape index (κ3) is 4.07. The highest BCUT2D eigenvalue weighted by atomic mass is 16.5. The molecule has 0 amide bonds. The van der Waals surface area contributed by atoms with Crippen LogP contribution in [0.4, 0.5) is 0 Å². The molecular formula is C13H27N3O. The fraction of sp³-hybridized carbons (Fsp3) is 0.846. The van der Waals surface area contributed by atoms with Crippen molar-refractivity contribution >= 4 is 0 Å². The first-order valence-electron chi connectivity index (χ1n) is 6.52. The van der Waals surface area contributed by atoms with E-state index in [0.29, 0.717) is 6.04 Å². The molecule has 0 bridgehead atoms. The highest BCUT2D eigenvalue weighted by molar-refractivity contribution is 4.93. The van der Waals surface area contributed by atoms with Crippen molar-refractivity contribution < 1.29 is 4.74 Å². The van der Waals surface area contributed by atoms with Crippen LogP contribution in [-0.2, 0) is 4.74 Å². The topological polar surface area (TPSA) is 50.5 Å². The summed E-state index contributed by atoms with van der Waals surface area (Å²) in [6.07, 6.45) is 5.23. The number of hydrogen-bond acceptors (Lipinski definition) is 4. The summed E-state index contributed by atoms with van der Waals surface area (Å²) >= 11 is 0. The van der Waals surface area contributed by atoms with E-state index in [9.17, 15) is 0 Å². The summed E-state index contributed by atoms with van der Waals surface area (Å²) in [5.74, 6) is 5.71. The normalized spacial score (nSPS) is 20.2. The van der Waals surface area contributed by atoms with Gasteiger partial charge in [0.1, 0.15) is 0 Å². The number of nitrogens with two attached hydrogens (primary N) is 1. The van der Waals surface area contributed by atoms with Gasteiger partial charge >= 0.3 is 0 Å². The zero-order valence-electron chi connectivity index (χ0n) is 11.2. The first kappa shape index (κ1) is 14.6. The maximum Gasteiger partial charge on any atom is 0.0594 e. The number of nitrogens with one attached hydrogen (secondary N) is 1. The van der Waals surface area contributed by atoms with Crippen molar-refractivity contribution in [3.05, 3.63) is 12.7 Å². The van der Waals surface area contributed by atoms with E-state index < -0.39 is 0 Å². The lowest BCUT2D eigenvalue weighted by Gasteiger charge is -2.45. The van der Waals surface area contributed by atoms with E-state index in [2.05, 4.69) is 30.8 Å². The molecule has 1 rings (SSSR count). The molecule has 1 aliphatic rings. The monoisotopic (exact) mass is 241 g/mol. The fourth-order valence-electron chi connectivity index (χ4n) is 2.47. The predicted molar refractivity (Wildman–Crippen MR) is 71.6 cm³/mol. The van der Waals surface area contributed by atoms with E-state index in [1.807, 2.05) is 6.08 Å². The van der Waals surface area contributed by atoms with Gasteiger partial charge in [0.25, 0.3) is 0 Å². The van der Waals surface area contributed by atoms with Crippen molar-refractivity contribution in [2.75, 3.05) is 26.3 Å². The van der Waals surface area contributed by atoms with Crippen LogP contribution in [0.2, 0.25) is 0 Å². The molecule has 0 aromatic carbocycles. The van der Waals surface area contributed by atoms with Gasteiger partial charge in [0, 0.05) is 24.7 Å². The molecule has 100 valence electrons. The molecule has 0 saturated carbocycles. The van der Waals surface area contributed by atoms with E-state index in [-0.39, 0.29) is 5.54 Å². The summed E-state index contributed by atoms with van der Waals surface area (Å²) in [6, 6.07) is 0.306. The molecule has 0 aliphatic carbocycles. The Kier molecular flexibility index (Phi) is 6.12. The van der Waals surface area contributed by atoms with E-state index >= 15 is 0 Å². The zero-order chi connectivity index (χ0) is 12.7. The molecule has 1 fully saturated rings.